The molecule has 1 amide bonds. The van der Waals surface area contributed by atoms with E-state index in [9.17, 15) is 17.6 Å². The summed E-state index contributed by atoms with van der Waals surface area (Å²) in [6, 6.07) is 7.39. The molecule has 0 N–H and O–H groups in total. The minimum atomic E-state index is -3.13. The maximum atomic E-state index is 13.6. The van der Waals surface area contributed by atoms with Crippen molar-refractivity contribution < 1.29 is 17.6 Å². The number of carbonyl (C=O) groups excluding carboxylic acids is 1. The van der Waals surface area contributed by atoms with Gasteiger partial charge in [0.25, 0.3) is 5.91 Å². The van der Waals surface area contributed by atoms with Crippen LogP contribution in [0.3, 0.4) is 0 Å². The Labute approximate surface area is 191 Å². The van der Waals surface area contributed by atoms with Crippen molar-refractivity contribution >= 4 is 26.8 Å². The van der Waals surface area contributed by atoms with E-state index >= 15 is 0 Å². The van der Waals surface area contributed by atoms with E-state index in [-0.39, 0.29) is 29.3 Å². The molecule has 10 heteroatoms. The number of likely N-dealkylation sites (N-methyl/N-ethyl adjacent to an activating group) is 1. The number of hydrogen-bond acceptors (Lipinski definition) is 6. The fourth-order valence-electron chi connectivity index (χ4n) is 4.65. The van der Waals surface area contributed by atoms with Gasteiger partial charge < -0.3 is 9.80 Å². The van der Waals surface area contributed by atoms with E-state index in [0.717, 1.165) is 13.1 Å². The number of benzene rings is 1. The summed E-state index contributed by atoms with van der Waals surface area (Å²) < 4.78 is 39.4. The second-order valence-electron chi connectivity index (χ2n) is 8.94. The van der Waals surface area contributed by atoms with Gasteiger partial charge in [-0.15, -0.1) is 0 Å². The molecule has 2 aliphatic heterocycles. The first-order valence-electron chi connectivity index (χ1n) is 11.1. The van der Waals surface area contributed by atoms with Crippen LogP contribution in [-0.2, 0) is 9.84 Å². The lowest BCUT2D eigenvalue weighted by atomic mass is 10.0. The molecule has 0 aliphatic carbocycles. The average molecular weight is 472 g/mol. The molecule has 0 spiro atoms. The van der Waals surface area contributed by atoms with Crippen LogP contribution in [0.5, 0.6) is 0 Å². The van der Waals surface area contributed by atoms with Crippen LogP contribution in [0.2, 0.25) is 0 Å². The third kappa shape index (κ3) is 4.13. The van der Waals surface area contributed by atoms with Crippen molar-refractivity contribution in [3.63, 3.8) is 0 Å². The number of fused-ring (bicyclic) bond motifs is 1. The molecule has 2 aliphatic rings. The molecule has 2 fully saturated rings. The van der Waals surface area contributed by atoms with Gasteiger partial charge in [-0.2, -0.15) is 5.10 Å². The Hall–Kier alpha value is -2.85. The SMILES string of the molecule is Cc1nn([C@@H]2CCS(=O)(=O)C2)c2nc(-c3ccc(F)cc3)cc(C(=O)N3CCN(C)CC3)c12. The van der Waals surface area contributed by atoms with Crippen molar-refractivity contribution in [2.24, 2.45) is 0 Å². The molecule has 0 radical (unpaired) electrons. The van der Waals surface area contributed by atoms with Crippen molar-refractivity contribution in [1.82, 2.24) is 24.6 Å². The third-order valence-corrected chi connectivity index (χ3v) is 8.30. The Balaban J connectivity index is 1.67. The molecule has 2 saturated heterocycles. The summed E-state index contributed by atoms with van der Waals surface area (Å²) >= 11 is 0. The second kappa shape index (κ2) is 8.18. The first-order valence-corrected chi connectivity index (χ1v) is 12.9. The van der Waals surface area contributed by atoms with Gasteiger partial charge in [-0.05, 0) is 50.7 Å². The summed E-state index contributed by atoms with van der Waals surface area (Å²) in [7, 11) is -1.10. The Bertz CT molecular complexity index is 1330. The highest BCUT2D eigenvalue weighted by Gasteiger charge is 2.33. The number of nitrogens with zero attached hydrogens (tertiary/aromatic N) is 5. The quantitative estimate of drug-likeness (QED) is 0.583. The van der Waals surface area contributed by atoms with E-state index in [1.54, 1.807) is 22.9 Å². The summed E-state index contributed by atoms with van der Waals surface area (Å²) in [6.45, 7) is 4.66. The van der Waals surface area contributed by atoms with Gasteiger partial charge in [-0.1, -0.05) is 0 Å². The molecule has 33 heavy (non-hydrogen) atoms. The Morgan fingerprint density at radius 3 is 2.45 bits per heavy atom. The summed E-state index contributed by atoms with van der Waals surface area (Å²) in [5.74, 6) is -0.331. The normalized spacial score (nSPS) is 21.1. The number of rotatable bonds is 3. The number of amides is 1. The van der Waals surface area contributed by atoms with E-state index < -0.39 is 9.84 Å². The van der Waals surface area contributed by atoms with Crippen LogP contribution < -0.4 is 0 Å². The third-order valence-electron chi connectivity index (χ3n) is 6.55. The van der Waals surface area contributed by atoms with Crippen LogP contribution in [0, 0.1) is 12.7 Å². The maximum absolute atomic E-state index is 13.6. The van der Waals surface area contributed by atoms with Gasteiger partial charge in [-0.25, -0.2) is 22.5 Å². The maximum Gasteiger partial charge on any atom is 0.254 e. The molecule has 3 aromatic rings. The Morgan fingerprint density at radius 2 is 1.82 bits per heavy atom. The number of hydrogen-bond donors (Lipinski definition) is 0. The molecule has 4 heterocycles. The molecule has 174 valence electrons. The summed E-state index contributed by atoms with van der Waals surface area (Å²) in [5, 5.41) is 5.28. The van der Waals surface area contributed by atoms with Crippen molar-refractivity contribution in [2.45, 2.75) is 19.4 Å². The van der Waals surface area contributed by atoms with E-state index in [1.165, 1.54) is 12.1 Å². The van der Waals surface area contributed by atoms with E-state index in [1.807, 2.05) is 18.9 Å². The topological polar surface area (TPSA) is 88.4 Å². The number of halogens is 1. The zero-order valence-corrected chi connectivity index (χ0v) is 19.5. The van der Waals surface area contributed by atoms with Gasteiger partial charge in [0.1, 0.15) is 5.82 Å². The zero-order chi connectivity index (χ0) is 23.3. The van der Waals surface area contributed by atoms with E-state index in [0.29, 0.717) is 53.1 Å². The summed E-state index contributed by atoms with van der Waals surface area (Å²) in [5.41, 5.74) is 2.84. The lowest BCUT2D eigenvalue weighted by Crippen LogP contribution is -2.47. The summed E-state index contributed by atoms with van der Waals surface area (Å²) in [4.78, 5) is 22.4. The largest absolute Gasteiger partial charge is 0.336 e. The first kappa shape index (κ1) is 22.0. The van der Waals surface area contributed by atoms with Crippen molar-refractivity contribution in [3.05, 3.63) is 47.4 Å². The monoisotopic (exact) mass is 471 g/mol. The smallest absolute Gasteiger partial charge is 0.254 e. The highest BCUT2D eigenvalue weighted by Crippen LogP contribution is 2.32. The average Bonchev–Trinajstić information content (AvgIpc) is 3.32. The van der Waals surface area contributed by atoms with Gasteiger partial charge in [0, 0.05) is 31.7 Å². The highest BCUT2D eigenvalue weighted by atomic mass is 32.2. The fourth-order valence-corrected chi connectivity index (χ4v) is 6.34. The van der Waals surface area contributed by atoms with Crippen LogP contribution in [0.4, 0.5) is 4.39 Å². The fraction of sp³-hybridized carbons (Fsp3) is 0.435. The number of pyridine rings is 1. The Morgan fingerprint density at radius 1 is 1.12 bits per heavy atom. The predicted molar refractivity (Wildman–Crippen MR) is 123 cm³/mol. The molecular weight excluding hydrogens is 445 g/mol. The molecule has 1 atom stereocenters. The highest BCUT2D eigenvalue weighted by molar-refractivity contribution is 7.91. The lowest BCUT2D eigenvalue weighted by molar-refractivity contribution is 0.0666. The van der Waals surface area contributed by atoms with Gasteiger partial charge in [0.15, 0.2) is 15.5 Å². The van der Waals surface area contributed by atoms with Gasteiger partial charge in [0.05, 0.1) is 39.9 Å². The summed E-state index contributed by atoms with van der Waals surface area (Å²) in [6.07, 6.45) is 0.461. The number of sulfone groups is 1. The van der Waals surface area contributed by atoms with Crippen LogP contribution in [0.25, 0.3) is 22.3 Å². The standard InChI is InChI=1S/C23H26FN5O3S/c1-15-21-19(23(30)28-10-8-27(2)9-11-28)13-20(16-3-5-17(24)6-4-16)25-22(21)29(26-15)18-7-12-33(31,32)14-18/h3-6,13,18H,7-12,14H2,1-2H3/t18-/m1/s1. The van der Waals surface area contributed by atoms with Crippen molar-refractivity contribution in [2.75, 3.05) is 44.7 Å². The molecule has 0 unspecified atom stereocenters. The molecule has 0 saturated carbocycles. The van der Waals surface area contributed by atoms with Gasteiger partial charge >= 0.3 is 0 Å². The van der Waals surface area contributed by atoms with Gasteiger partial charge in [0.2, 0.25) is 0 Å². The van der Waals surface area contributed by atoms with Crippen LogP contribution in [-0.4, -0.2) is 83.6 Å². The lowest BCUT2D eigenvalue weighted by Gasteiger charge is -2.32. The predicted octanol–water partition coefficient (Wildman–Crippen LogP) is 2.29. The van der Waals surface area contributed by atoms with Crippen molar-refractivity contribution in [1.29, 1.82) is 0 Å². The number of carbonyl (C=O) groups is 1. The number of piperazine rings is 1. The van der Waals surface area contributed by atoms with Crippen LogP contribution in [0.15, 0.2) is 30.3 Å². The van der Waals surface area contributed by atoms with Crippen LogP contribution >= 0.6 is 0 Å². The van der Waals surface area contributed by atoms with E-state index in [4.69, 9.17) is 4.98 Å². The molecule has 2 aromatic heterocycles. The molecule has 1 aromatic carbocycles. The molecule has 5 rings (SSSR count). The molecular formula is C23H26FN5O3S. The minimum absolute atomic E-state index is 0.00736. The minimum Gasteiger partial charge on any atom is -0.336 e. The number of aromatic nitrogens is 3. The van der Waals surface area contributed by atoms with E-state index in [2.05, 4.69) is 10.00 Å². The number of aryl methyl sites for hydroxylation is 1. The zero-order valence-electron chi connectivity index (χ0n) is 18.7. The first-order chi connectivity index (χ1) is 15.7. The van der Waals surface area contributed by atoms with Gasteiger partial charge in [-0.3, -0.25) is 4.79 Å². The van der Waals surface area contributed by atoms with Crippen molar-refractivity contribution in [3.8, 4) is 11.3 Å². The molecule has 8 nitrogen and oxygen atoms in total. The molecule has 0 bridgehead atoms. The Kier molecular flexibility index (Phi) is 5.44. The van der Waals surface area contributed by atoms with Crippen LogP contribution in [0.1, 0.15) is 28.5 Å². The second-order valence-corrected chi connectivity index (χ2v) is 11.2.